The number of amides is 1. The van der Waals surface area contributed by atoms with E-state index in [2.05, 4.69) is 10.2 Å². The Hall–Kier alpha value is -2.31. The Labute approximate surface area is 104 Å². The largest absolute Gasteiger partial charge is 0.396 e. The molecule has 4 N–H and O–H groups in total. The van der Waals surface area contributed by atoms with Crippen LogP contribution in [0.25, 0.3) is 5.82 Å². The second-order valence-corrected chi connectivity index (χ2v) is 4.27. The average Bonchev–Trinajstić information content (AvgIpc) is 2.70. The molecule has 0 unspecified atom stereocenters. The number of aryl methyl sites for hydroxylation is 3. The zero-order chi connectivity index (χ0) is 13.6. The van der Waals surface area contributed by atoms with Crippen LogP contribution in [0.15, 0.2) is 0 Å². The monoisotopic (exact) mass is 248 g/mol. The highest BCUT2D eigenvalue weighted by atomic mass is 16.1. The molecule has 0 aliphatic heterocycles. The minimum atomic E-state index is -0.526. The van der Waals surface area contributed by atoms with Gasteiger partial charge in [0.2, 0.25) is 0 Å². The van der Waals surface area contributed by atoms with Crippen LogP contribution >= 0.6 is 0 Å². The summed E-state index contributed by atoms with van der Waals surface area (Å²) < 4.78 is 3.18. The minimum Gasteiger partial charge on any atom is -0.396 e. The summed E-state index contributed by atoms with van der Waals surface area (Å²) in [5.41, 5.74) is 14.3. The lowest BCUT2D eigenvalue weighted by molar-refractivity contribution is 0.0999. The summed E-state index contributed by atoms with van der Waals surface area (Å²) in [6, 6.07) is 0. The highest BCUT2D eigenvalue weighted by molar-refractivity contribution is 5.97. The molecule has 2 heterocycles. The molecular formula is C11H16N6O. The number of hydrogen-bond acceptors (Lipinski definition) is 4. The molecule has 0 aromatic carbocycles. The number of primary amides is 1. The van der Waals surface area contributed by atoms with Crippen LogP contribution in [-0.4, -0.2) is 25.5 Å². The molecule has 0 bridgehead atoms. The average molecular weight is 248 g/mol. The molecule has 0 atom stereocenters. The fraction of sp³-hybridized carbons (Fsp3) is 0.364. The zero-order valence-electron chi connectivity index (χ0n) is 10.9. The summed E-state index contributed by atoms with van der Waals surface area (Å²) in [6.07, 6.45) is 0. The minimum absolute atomic E-state index is 0.364. The Balaban J connectivity index is 2.78. The van der Waals surface area contributed by atoms with Crippen molar-refractivity contribution in [3.8, 4) is 5.82 Å². The second kappa shape index (κ2) is 3.86. The molecule has 2 aromatic heterocycles. The molecule has 18 heavy (non-hydrogen) atoms. The summed E-state index contributed by atoms with van der Waals surface area (Å²) in [5, 5.41) is 8.52. The molecule has 0 saturated heterocycles. The highest BCUT2D eigenvalue weighted by Gasteiger charge is 2.22. The second-order valence-electron chi connectivity index (χ2n) is 4.27. The van der Waals surface area contributed by atoms with Crippen LogP contribution in [0.2, 0.25) is 0 Å². The van der Waals surface area contributed by atoms with Crippen molar-refractivity contribution in [2.45, 2.75) is 20.8 Å². The maximum absolute atomic E-state index is 11.5. The third-order valence-corrected chi connectivity index (χ3v) is 2.99. The van der Waals surface area contributed by atoms with Gasteiger partial charge in [-0.15, -0.1) is 0 Å². The van der Waals surface area contributed by atoms with Crippen LogP contribution in [0.4, 0.5) is 5.69 Å². The number of hydrogen-bond donors (Lipinski definition) is 2. The quantitative estimate of drug-likeness (QED) is 0.792. The Morgan fingerprint density at radius 3 is 2.22 bits per heavy atom. The van der Waals surface area contributed by atoms with E-state index in [-0.39, 0.29) is 0 Å². The van der Waals surface area contributed by atoms with Gasteiger partial charge in [-0.3, -0.25) is 4.79 Å². The first kappa shape index (κ1) is 12.2. The van der Waals surface area contributed by atoms with E-state index in [1.54, 1.807) is 23.3 Å². The maximum atomic E-state index is 11.5. The molecule has 0 radical (unpaired) electrons. The lowest BCUT2D eigenvalue weighted by atomic mass is 10.2. The van der Waals surface area contributed by atoms with Crippen LogP contribution in [0.1, 0.15) is 27.4 Å². The van der Waals surface area contributed by atoms with Gasteiger partial charge in [0.15, 0.2) is 5.82 Å². The lowest BCUT2D eigenvalue weighted by Gasteiger charge is -2.06. The van der Waals surface area contributed by atoms with Crippen molar-refractivity contribution in [1.82, 2.24) is 19.6 Å². The molecule has 0 fully saturated rings. The van der Waals surface area contributed by atoms with Gasteiger partial charge in [0.1, 0.15) is 5.56 Å². The number of nitrogens with two attached hydrogens (primary N) is 2. The number of rotatable bonds is 2. The van der Waals surface area contributed by atoms with Crippen LogP contribution in [0.5, 0.6) is 0 Å². The van der Waals surface area contributed by atoms with Crippen molar-refractivity contribution in [3.05, 3.63) is 22.6 Å². The van der Waals surface area contributed by atoms with Crippen LogP contribution in [-0.2, 0) is 7.05 Å². The van der Waals surface area contributed by atoms with Crippen LogP contribution < -0.4 is 11.5 Å². The van der Waals surface area contributed by atoms with Gasteiger partial charge < -0.3 is 11.5 Å². The molecule has 0 aliphatic carbocycles. The van der Waals surface area contributed by atoms with Crippen molar-refractivity contribution >= 4 is 11.6 Å². The predicted molar refractivity (Wildman–Crippen MR) is 67.5 cm³/mol. The molecule has 0 spiro atoms. The summed E-state index contributed by atoms with van der Waals surface area (Å²) in [6.45, 7) is 5.38. The number of carbonyl (C=O) groups is 1. The molecule has 1 amide bonds. The molecule has 2 rings (SSSR count). The molecular weight excluding hydrogens is 232 g/mol. The first-order valence-electron chi connectivity index (χ1n) is 5.50. The van der Waals surface area contributed by atoms with Gasteiger partial charge in [0, 0.05) is 7.05 Å². The summed E-state index contributed by atoms with van der Waals surface area (Å²) in [5.74, 6) is 0.0130. The fourth-order valence-corrected chi connectivity index (χ4v) is 2.04. The number of aromatic nitrogens is 4. The van der Waals surface area contributed by atoms with Gasteiger partial charge in [-0.25, -0.2) is 9.36 Å². The molecule has 7 nitrogen and oxygen atoms in total. The van der Waals surface area contributed by atoms with Crippen LogP contribution in [0.3, 0.4) is 0 Å². The fourth-order valence-electron chi connectivity index (χ4n) is 2.04. The van der Waals surface area contributed by atoms with Crippen molar-refractivity contribution < 1.29 is 4.79 Å². The van der Waals surface area contributed by atoms with Gasteiger partial charge in [-0.05, 0) is 20.8 Å². The third kappa shape index (κ3) is 1.55. The summed E-state index contributed by atoms with van der Waals surface area (Å²) in [7, 11) is 1.74. The van der Waals surface area contributed by atoms with E-state index in [0.717, 1.165) is 5.69 Å². The maximum Gasteiger partial charge on any atom is 0.254 e. The highest BCUT2D eigenvalue weighted by Crippen LogP contribution is 2.23. The van der Waals surface area contributed by atoms with Crippen molar-refractivity contribution in [1.29, 1.82) is 0 Å². The Bertz CT molecular complexity index is 636. The SMILES string of the molecule is Cc1nn(-c2c(C(N)=O)c(C)nn2C)c(C)c1N. The molecule has 96 valence electrons. The Kier molecular flexibility index (Phi) is 2.61. The Morgan fingerprint density at radius 2 is 1.78 bits per heavy atom. The summed E-state index contributed by atoms with van der Waals surface area (Å²) in [4.78, 5) is 11.5. The third-order valence-electron chi connectivity index (χ3n) is 2.99. The van der Waals surface area contributed by atoms with Crippen molar-refractivity contribution in [2.75, 3.05) is 5.73 Å². The van der Waals surface area contributed by atoms with E-state index in [1.807, 2.05) is 13.8 Å². The molecule has 0 aliphatic rings. The number of nitrogen functional groups attached to an aromatic ring is 1. The Morgan fingerprint density at radius 1 is 1.17 bits per heavy atom. The van der Waals surface area contributed by atoms with Gasteiger partial charge in [-0.1, -0.05) is 0 Å². The van der Waals surface area contributed by atoms with Crippen molar-refractivity contribution in [3.63, 3.8) is 0 Å². The number of carbonyl (C=O) groups excluding carboxylic acids is 1. The normalized spacial score (nSPS) is 10.9. The predicted octanol–water partition coefficient (Wildman–Crippen LogP) is 0.212. The first-order valence-corrected chi connectivity index (χ1v) is 5.50. The van der Waals surface area contributed by atoms with Crippen LogP contribution in [0, 0.1) is 20.8 Å². The van der Waals surface area contributed by atoms with E-state index in [1.165, 1.54) is 0 Å². The molecule has 7 heteroatoms. The number of anilines is 1. The van der Waals surface area contributed by atoms with E-state index >= 15 is 0 Å². The first-order chi connectivity index (χ1) is 8.34. The smallest absolute Gasteiger partial charge is 0.254 e. The van der Waals surface area contributed by atoms with E-state index in [9.17, 15) is 4.79 Å². The zero-order valence-corrected chi connectivity index (χ0v) is 10.9. The van der Waals surface area contributed by atoms with Gasteiger partial charge in [-0.2, -0.15) is 10.2 Å². The standard InChI is InChI=1S/C11H16N6O/c1-5-8(10(13)18)11(16(4)14-5)17-7(3)9(12)6(2)15-17/h12H2,1-4H3,(H2,13,18). The number of nitrogens with zero attached hydrogens (tertiary/aromatic N) is 4. The topological polar surface area (TPSA) is 105 Å². The van der Waals surface area contributed by atoms with E-state index in [0.29, 0.717) is 28.5 Å². The van der Waals surface area contributed by atoms with E-state index < -0.39 is 5.91 Å². The van der Waals surface area contributed by atoms with Gasteiger partial charge >= 0.3 is 0 Å². The summed E-state index contributed by atoms with van der Waals surface area (Å²) >= 11 is 0. The molecule has 2 aromatic rings. The molecule has 0 saturated carbocycles. The van der Waals surface area contributed by atoms with Crippen molar-refractivity contribution in [2.24, 2.45) is 12.8 Å². The van der Waals surface area contributed by atoms with Gasteiger partial charge in [0.25, 0.3) is 5.91 Å². The lowest BCUT2D eigenvalue weighted by Crippen LogP contribution is -2.17. The van der Waals surface area contributed by atoms with E-state index in [4.69, 9.17) is 11.5 Å². The van der Waals surface area contributed by atoms with Gasteiger partial charge in [0.05, 0.1) is 22.8 Å².